The van der Waals surface area contributed by atoms with Gasteiger partial charge in [0.2, 0.25) is 0 Å². The minimum absolute atomic E-state index is 0.0238. The van der Waals surface area contributed by atoms with Crippen LogP contribution >= 0.6 is 0 Å². The largest absolute Gasteiger partial charge is 0.389 e. The van der Waals surface area contributed by atoms with Crippen molar-refractivity contribution < 1.29 is 17.9 Å². The molecule has 0 aromatic heterocycles. The Bertz CT molecular complexity index is 227. The molecule has 0 amide bonds. The SMILES string of the molecule is CC(C)(CCOCCCC(F)(F)F)C(=N)N. The summed E-state index contributed by atoms with van der Waals surface area (Å²) in [6.45, 7) is 4.01. The van der Waals surface area contributed by atoms with Crippen LogP contribution in [0.4, 0.5) is 13.2 Å². The van der Waals surface area contributed by atoms with Crippen molar-refractivity contribution in [3.05, 3.63) is 0 Å². The van der Waals surface area contributed by atoms with E-state index in [4.69, 9.17) is 15.9 Å². The van der Waals surface area contributed by atoms with Gasteiger partial charge >= 0.3 is 6.18 Å². The topological polar surface area (TPSA) is 59.1 Å². The summed E-state index contributed by atoms with van der Waals surface area (Å²) in [5.41, 5.74) is 4.89. The predicted octanol–water partition coefficient (Wildman–Crippen LogP) is 2.70. The van der Waals surface area contributed by atoms with Gasteiger partial charge in [0.05, 0.1) is 5.84 Å². The molecule has 0 radical (unpaired) electrons. The van der Waals surface area contributed by atoms with E-state index in [1.807, 2.05) is 0 Å². The van der Waals surface area contributed by atoms with E-state index in [9.17, 15) is 13.2 Å². The van der Waals surface area contributed by atoms with E-state index < -0.39 is 18.0 Å². The number of alkyl halides is 3. The third-order valence-electron chi connectivity index (χ3n) is 2.35. The number of rotatable bonds is 7. The van der Waals surface area contributed by atoms with Crippen molar-refractivity contribution in [2.75, 3.05) is 13.2 Å². The van der Waals surface area contributed by atoms with Crippen molar-refractivity contribution in [2.45, 2.75) is 39.3 Å². The Morgan fingerprint density at radius 1 is 1.19 bits per heavy atom. The Kier molecular flexibility index (Phi) is 5.78. The first kappa shape index (κ1) is 15.2. The summed E-state index contributed by atoms with van der Waals surface area (Å²) in [6.07, 6.45) is -4.41. The van der Waals surface area contributed by atoms with Gasteiger partial charge in [0.25, 0.3) is 0 Å². The third-order valence-corrected chi connectivity index (χ3v) is 2.35. The molecule has 3 N–H and O–H groups in total. The fraction of sp³-hybridized carbons (Fsp3) is 0.900. The first-order chi connectivity index (χ1) is 7.15. The molecular weight excluding hydrogens is 221 g/mol. The molecule has 0 bridgehead atoms. The van der Waals surface area contributed by atoms with E-state index in [0.29, 0.717) is 13.0 Å². The van der Waals surface area contributed by atoms with Gasteiger partial charge in [-0.25, -0.2) is 0 Å². The zero-order valence-corrected chi connectivity index (χ0v) is 9.66. The monoisotopic (exact) mass is 240 g/mol. The minimum Gasteiger partial charge on any atom is -0.387 e. The summed E-state index contributed by atoms with van der Waals surface area (Å²) < 4.78 is 40.3. The number of ether oxygens (including phenoxy) is 1. The second kappa shape index (κ2) is 6.08. The summed E-state index contributed by atoms with van der Waals surface area (Å²) in [5, 5.41) is 7.27. The van der Waals surface area contributed by atoms with Crippen LogP contribution in [0.25, 0.3) is 0 Å². The average molecular weight is 240 g/mol. The zero-order chi connectivity index (χ0) is 12.8. The van der Waals surface area contributed by atoms with Crippen molar-refractivity contribution in [1.29, 1.82) is 5.41 Å². The van der Waals surface area contributed by atoms with E-state index in [-0.39, 0.29) is 18.9 Å². The van der Waals surface area contributed by atoms with Crippen LogP contribution in [0.1, 0.15) is 33.1 Å². The Balaban J connectivity index is 3.52. The van der Waals surface area contributed by atoms with Crippen LogP contribution in [0.3, 0.4) is 0 Å². The second-order valence-corrected chi connectivity index (χ2v) is 4.38. The van der Waals surface area contributed by atoms with E-state index in [1.54, 1.807) is 13.8 Å². The highest BCUT2D eigenvalue weighted by Crippen LogP contribution is 2.22. The predicted molar refractivity (Wildman–Crippen MR) is 56.4 cm³/mol. The summed E-state index contributed by atoms with van der Waals surface area (Å²) in [6, 6.07) is 0. The quantitative estimate of drug-likeness (QED) is 0.408. The lowest BCUT2D eigenvalue weighted by molar-refractivity contribution is -0.137. The van der Waals surface area contributed by atoms with Gasteiger partial charge in [-0.15, -0.1) is 0 Å². The fourth-order valence-corrected chi connectivity index (χ4v) is 0.939. The molecule has 6 heteroatoms. The Morgan fingerprint density at radius 2 is 1.75 bits per heavy atom. The Morgan fingerprint density at radius 3 is 2.19 bits per heavy atom. The number of hydrogen-bond acceptors (Lipinski definition) is 2. The second-order valence-electron chi connectivity index (χ2n) is 4.38. The van der Waals surface area contributed by atoms with Crippen molar-refractivity contribution in [3.8, 4) is 0 Å². The van der Waals surface area contributed by atoms with Crippen LogP contribution in [-0.2, 0) is 4.74 Å². The molecule has 0 saturated heterocycles. The summed E-state index contributed by atoms with van der Waals surface area (Å²) >= 11 is 0. The summed E-state index contributed by atoms with van der Waals surface area (Å²) in [7, 11) is 0. The fourth-order valence-electron chi connectivity index (χ4n) is 0.939. The molecule has 0 saturated carbocycles. The maximum atomic E-state index is 11.8. The highest BCUT2D eigenvalue weighted by Gasteiger charge is 2.26. The van der Waals surface area contributed by atoms with Gasteiger partial charge in [-0.2, -0.15) is 13.2 Å². The van der Waals surface area contributed by atoms with Crippen LogP contribution in [0.15, 0.2) is 0 Å². The lowest BCUT2D eigenvalue weighted by atomic mass is 9.89. The molecule has 0 aliphatic carbocycles. The highest BCUT2D eigenvalue weighted by atomic mass is 19.4. The van der Waals surface area contributed by atoms with Gasteiger partial charge in [-0.3, -0.25) is 5.41 Å². The first-order valence-corrected chi connectivity index (χ1v) is 5.14. The minimum atomic E-state index is -4.11. The summed E-state index contributed by atoms with van der Waals surface area (Å²) in [4.78, 5) is 0. The molecule has 0 aliphatic rings. The maximum Gasteiger partial charge on any atom is 0.389 e. The van der Waals surface area contributed by atoms with Crippen molar-refractivity contribution in [3.63, 3.8) is 0 Å². The van der Waals surface area contributed by atoms with Crippen LogP contribution in [0.2, 0.25) is 0 Å². The molecule has 0 aromatic rings. The summed E-state index contributed by atoms with van der Waals surface area (Å²) in [5.74, 6) is 0.0615. The van der Waals surface area contributed by atoms with Crippen LogP contribution in [0.5, 0.6) is 0 Å². The van der Waals surface area contributed by atoms with Gasteiger partial charge in [-0.05, 0) is 12.8 Å². The molecule has 96 valence electrons. The molecule has 3 nitrogen and oxygen atoms in total. The Hall–Kier alpha value is -0.780. The van der Waals surface area contributed by atoms with E-state index in [1.165, 1.54) is 0 Å². The highest BCUT2D eigenvalue weighted by molar-refractivity contribution is 5.82. The third kappa shape index (κ3) is 7.50. The molecule has 0 aromatic carbocycles. The van der Waals surface area contributed by atoms with Crippen LogP contribution in [-0.4, -0.2) is 25.2 Å². The molecule has 0 rings (SSSR count). The number of hydrogen-bond donors (Lipinski definition) is 2. The van der Waals surface area contributed by atoms with E-state index >= 15 is 0 Å². The van der Waals surface area contributed by atoms with E-state index in [2.05, 4.69) is 0 Å². The first-order valence-electron chi connectivity index (χ1n) is 5.14. The molecule has 0 fully saturated rings. The molecule has 0 spiro atoms. The van der Waals surface area contributed by atoms with Crippen LogP contribution < -0.4 is 5.73 Å². The maximum absolute atomic E-state index is 11.8. The molecule has 0 heterocycles. The standard InChI is InChI=1S/C10H19F3N2O/c1-9(2,8(14)15)5-7-16-6-3-4-10(11,12)13/h3-7H2,1-2H3,(H3,14,15). The zero-order valence-electron chi connectivity index (χ0n) is 9.66. The number of nitrogens with one attached hydrogen (secondary N) is 1. The van der Waals surface area contributed by atoms with Crippen LogP contribution in [0, 0.1) is 10.8 Å². The lowest BCUT2D eigenvalue weighted by Crippen LogP contribution is -2.32. The number of amidine groups is 1. The van der Waals surface area contributed by atoms with Crippen molar-refractivity contribution in [2.24, 2.45) is 11.1 Å². The van der Waals surface area contributed by atoms with Crippen molar-refractivity contribution in [1.82, 2.24) is 0 Å². The van der Waals surface area contributed by atoms with Crippen molar-refractivity contribution >= 4 is 5.84 Å². The Labute approximate surface area is 93.7 Å². The average Bonchev–Trinajstić information content (AvgIpc) is 2.09. The van der Waals surface area contributed by atoms with Gasteiger partial charge in [0, 0.05) is 25.0 Å². The molecule has 16 heavy (non-hydrogen) atoms. The smallest absolute Gasteiger partial charge is 0.387 e. The van der Waals surface area contributed by atoms with Gasteiger partial charge < -0.3 is 10.5 Å². The van der Waals surface area contributed by atoms with Gasteiger partial charge in [0.1, 0.15) is 0 Å². The molecular formula is C10H19F3N2O. The van der Waals surface area contributed by atoms with Gasteiger partial charge in [0.15, 0.2) is 0 Å². The lowest BCUT2D eigenvalue weighted by Gasteiger charge is -2.22. The molecule has 0 unspecified atom stereocenters. The van der Waals surface area contributed by atoms with E-state index in [0.717, 1.165) is 0 Å². The number of halogens is 3. The van der Waals surface area contributed by atoms with Gasteiger partial charge in [-0.1, -0.05) is 13.8 Å². The number of nitrogens with two attached hydrogens (primary N) is 1. The molecule has 0 aliphatic heterocycles. The normalized spacial score (nSPS) is 12.8. The molecule has 0 atom stereocenters.